The largest absolute Gasteiger partial charge is 0.496 e. The Hall–Kier alpha value is -1.23. The van der Waals surface area contributed by atoms with Crippen molar-refractivity contribution in [3.8, 4) is 5.75 Å². The molecule has 0 radical (unpaired) electrons. The van der Waals surface area contributed by atoms with E-state index in [1.165, 1.54) is 13.2 Å². The average molecular weight is 317 g/mol. The molecule has 0 aromatic heterocycles. The number of hydrogen-bond donors (Lipinski definition) is 0. The van der Waals surface area contributed by atoms with Gasteiger partial charge in [0, 0.05) is 12.1 Å². The fraction of sp³-hybridized carbons (Fsp3) is 0.647. The Bertz CT molecular complexity index is 484. The van der Waals surface area contributed by atoms with Gasteiger partial charge in [0.2, 0.25) is 0 Å². The number of methoxy groups -OCH3 is 1. The van der Waals surface area contributed by atoms with Crippen LogP contribution in [-0.2, 0) is 12.7 Å². The highest BCUT2D eigenvalue weighted by atomic mass is 19.4. The first-order chi connectivity index (χ1) is 10.2. The van der Waals surface area contributed by atoms with Gasteiger partial charge in [-0.3, -0.25) is 4.90 Å². The Morgan fingerprint density at radius 2 is 1.82 bits per heavy atom. The third-order valence-corrected chi connectivity index (χ3v) is 3.73. The van der Waals surface area contributed by atoms with Crippen LogP contribution >= 0.6 is 0 Å². The monoisotopic (exact) mass is 317 g/mol. The SMILES string of the molecule is CCCN(CC)Cc1cc(C(F)(F)F)cc(OC)c1C(C)C. The molecule has 2 nitrogen and oxygen atoms in total. The van der Waals surface area contributed by atoms with Crippen molar-refractivity contribution < 1.29 is 17.9 Å². The lowest BCUT2D eigenvalue weighted by molar-refractivity contribution is -0.137. The van der Waals surface area contributed by atoms with Gasteiger partial charge < -0.3 is 4.74 Å². The summed E-state index contributed by atoms with van der Waals surface area (Å²) in [7, 11) is 1.43. The fourth-order valence-corrected chi connectivity index (χ4v) is 2.71. The highest BCUT2D eigenvalue weighted by Gasteiger charge is 2.33. The van der Waals surface area contributed by atoms with Crippen molar-refractivity contribution in [1.82, 2.24) is 4.90 Å². The van der Waals surface area contributed by atoms with E-state index in [2.05, 4.69) is 11.8 Å². The van der Waals surface area contributed by atoms with Gasteiger partial charge in [-0.05, 0) is 43.1 Å². The van der Waals surface area contributed by atoms with Crippen LogP contribution in [0.1, 0.15) is 56.7 Å². The Balaban J connectivity index is 3.36. The molecule has 5 heteroatoms. The maximum absolute atomic E-state index is 13.1. The zero-order valence-corrected chi connectivity index (χ0v) is 14.0. The molecule has 126 valence electrons. The summed E-state index contributed by atoms with van der Waals surface area (Å²) in [5.41, 5.74) is 0.929. The summed E-state index contributed by atoms with van der Waals surface area (Å²) in [4.78, 5) is 2.15. The Labute approximate surface area is 131 Å². The molecule has 0 heterocycles. The van der Waals surface area contributed by atoms with Crippen LogP contribution in [-0.4, -0.2) is 25.1 Å². The van der Waals surface area contributed by atoms with Crippen LogP contribution in [0.25, 0.3) is 0 Å². The number of hydrogen-bond acceptors (Lipinski definition) is 2. The lowest BCUT2D eigenvalue weighted by Gasteiger charge is -2.25. The van der Waals surface area contributed by atoms with E-state index in [1.54, 1.807) is 0 Å². The van der Waals surface area contributed by atoms with Gasteiger partial charge in [-0.2, -0.15) is 13.2 Å². The van der Waals surface area contributed by atoms with Crippen LogP contribution in [0.15, 0.2) is 12.1 Å². The predicted molar refractivity (Wildman–Crippen MR) is 83.3 cm³/mol. The number of ether oxygens (including phenoxy) is 1. The van der Waals surface area contributed by atoms with Gasteiger partial charge in [0.25, 0.3) is 0 Å². The minimum absolute atomic E-state index is 0.104. The summed E-state index contributed by atoms with van der Waals surface area (Å²) < 4.78 is 44.6. The van der Waals surface area contributed by atoms with E-state index < -0.39 is 11.7 Å². The summed E-state index contributed by atoms with van der Waals surface area (Å²) in [6.07, 6.45) is -3.39. The van der Waals surface area contributed by atoms with E-state index in [1.807, 2.05) is 20.8 Å². The van der Waals surface area contributed by atoms with Gasteiger partial charge in [0.05, 0.1) is 12.7 Å². The van der Waals surface area contributed by atoms with Crippen molar-refractivity contribution in [2.24, 2.45) is 0 Å². The molecule has 0 aliphatic carbocycles. The number of halogens is 3. The highest BCUT2D eigenvalue weighted by molar-refractivity contribution is 5.46. The molecule has 0 bridgehead atoms. The normalized spacial score (nSPS) is 12.3. The van der Waals surface area contributed by atoms with Crippen molar-refractivity contribution in [2.45, 2.75) is 52.8 Å². The first kappa shape index (κ1) is 18.8. The molecule has 0 saturated heterocycles. The third kappa shape index (κ3) is 4.63. The van der Waals surface area contributed by atoms with Gasteiger partial charge in [-0.1, -0.05) is 27.7 Å². The third-order valence-electron chi connectivity index (χ3n) is 3.73. The van der Waals surface area contributed by atoms with Crippen LogP contribution in [0, 0.1) is 0 Å². The Morgan fingerprint density at radius 3 is 2.23 bits per heavy atom. The quantitative estimate of drug-likeness (QED) is 0.696. The van der Waals surface area contributed by atoms with E-state index in [0.717, 1.165) is 31.1 Å². The number of rotatable bonds is 7. The van der Waals surface area contributed by atoms with Crippen molar-refractivity contribution in [1.29, 1.82) is 0 Å². The average Bonchev–Trinajstić information content (AvgIpc) is 2.44. The highest BCUT2D eigenvalue weighted by Crippen LogP contribution is 2.38. The number of benzene rings is 1. The molecule has 1 aromatic rings. The van der Waals surface area contributed by atoms with Gasteiger partial charge in [0.1, 0.15) is 5.75 Å². The number of nitrogens with zero attached hydrogens (tertiary/aromatic N) is 1. The zero-order chi connectivity index (χ0) is 16.9. The lowest BCUT2D eigenvalue weighted by Crippen LogP contribution is -2.25. The Kier molecular flexibility index (Phi) is 6.72. The molecule has 1 aromatic carbocycles. The predicted octanol–water partition coefficient (Wildman–Crippen LogP) is 5.07. The zero-order valence-electron chi connectivity index (χ0n) is 14.0. The smallest absolute Gasteiger partial charge is 0.416 e. The molecular weight excluding hydrogens is 291 g/mol. The van der Waals surface area contributed by atoms with Crippen LogP contribution in [0.3, 0.4) is 0 Å². The van der Waals surface area contributed by atoms with E-state index >= 15 is 0 Å². The van der Waals surface area contributed by atoms with Gasteiger partial charge in [-0.15, -0.1) is 0 Å². The van der Waals surface area contributed by atoms with Crippen molar-refractivity contribution in [3.05, 3.63) is 28.8 Å². The second-order valence-electron chi connectivity index (χ2n) is 5.77. The van der Waals surface area contributed by atoms with E-state index in [4.69, 9.17) is 4.74 Å². The van der Waals surface area contributed by atoms with Gasteiger partial charge in [0.15, 0.2) is 0 Å². The molecule has 0 N–H and O–H groups in total. The van der Waals surface area contributed by atoms with Crippen molar-refractivity contribution in [3.63, 3.8) is 0 Å². The van der Waals surface area contributed by atoms with Crippen molar-refractivity contribution in [2.75, 3.05) is 20.2 Å². The summed E-state index contributed by atoms with van der Waals surface area (Å²) in [6.45, 7) is 10.2. The van der Waals surface area contributed by atoms with Crippen LogP contribution in [0.5, 0.6) is 5.75 Å². The first-order valence-corrected chi connectivity index (χ1v) is 7.74. The summed E-state index contributed by atoms with van der Waals surface area (Å²) in [5.74, 6) is 0.431. The second-order valence-corrected chi connectivity index (χ2v) is 5.77. The first-order valence-electron chi connectivity index (χ1n) is 7.74. The lowest BCUT2D eigenvalue weighted by atomic mass is 9.93. The van der Waals surface area contributed by atoms with Crippen LogP contribution in [0.2, 0.25) is 0 Å². The second kappa shape index (κ2) is 7.86. The number of alkyl halides is 3. The molecule has 22 heavy (non-hydrogen) atoms. The standard InChI is InChI=1S/C17H26F3NO/c1-6-8-21(7-2)11-13-9-14(17(18,19)20)10-15(22-5)16(13)12(3)4/h9-10,12H,6-8,11H2,1-5H3. The minimum Gasteiger partial charge on any atom is -0.496 e. The summed E-state index contributed by atoms with van der Waals surface area (Å²) in [5, 5.41) is 0. The van der Waals surface area contributed by atoms with Crippen LogP contribution < -0.4 is 4.74 Å². The summed E-state index contributed by atoms with van der Waals surface area (Å²) in [6, 6.07) is 2.38. The van der Waals surface area contributed by atoms with E-state index in [-0.39, 0.29) is 5.92 Å². The molecule has 0 aliphatic heterocycles. The molecule has 0 saturated carbocycles. The fourth-order valence-electron chi connectivity index (χ4n) is 2.71. The maximum atomic E-state index is 13.1. The maximum Gasteiger partial charge on any atom is 0.416 e. The molecule has 1 rings (SSSR count). The van der Waals surface area contributed by atoms with Gasteiger partial charge in [-0.25, -0.2) is 0 Å². The minimum atomic E-state index is -4.36. The topological polar surface area (TPSA) is 12.5 Å². The molecule has 0 spiro atoms. The molecule has 0 unspecified atom stereocenters. The van der Waals surface area contributed by atoms with Crippen LogP contribution in [0.4, 0.5) is 13.2 Å². The van der Waals surface area contributed by atoms with Gasteiger partial charge >= 0.3 is 6.18 Å². The Morgan fingerprint density at radius 1 is 1.18 bits per heavy atom. The molecule has 0 atom stereocenters. The van der Waals surface area contributed by atoms with E-state index in [0.29, 0.717) is 17.9 Å². The van der Waals surface area contributed by atoms with Crippen molar-refractivity contribution >= 4 is 0 Å². The van der Waals surface area contributed by atoms with E-state index in [9.17, 15) is 13.2 Å². The molecule has 0 fully saturated rings. The summed E-state index contributed by atoms with van der Waals surface area (Å²) >= 11 is 0. The molecular formula is C17H26F3NO. The molecule has 0 amide bonds. The molecule has 0 aliphatic rings.